The lowest BCUT2D eigenvalue weighted by Gasteiger charge is -2.16. The van der Waals surface area contributed by atoms with Gasteiger partial charge in [-0.25, -0.2) is 4.90 Å². The largest absolute Gasteiger partial charge is 0.494 e. The van der Waals surface area contributed by atoms with Crippen LogP contribution in [0.15, 0.2) is 72.4 Å². The number of nitrogens with zero attached hydrogens (tertiary/aromatic N) is 1. The highest BCUT2D eigenvalue weighted by atomic mass is 16.5. The van der Waals surface area contributed by atoms with E-state index < -0.39 is 0 Å². The Kier molecular flexibility index (Phi) is 5.82. The SMILES string of the molecule is CCOc1ccc(N2C(=O)C(Nc3ccc(C)cc3)=C(c3ccc(C)c(C)c3)C2=O)cc1. The summed E-state index contributed by atoms with van der Waals surface area (Å²) < 4.78 is 5.49. The minimum atomic E-state index is -0.382. The van der Waals surface area contributed by atoms with Crippen molar-refractivity contribution in [2.45, 2.75) is 27.7 Å². The molecule has 1 aliphatic rings. The molecule has 0 saturated heterocycles. The minimum absolute atomic E-state index is 0.274. The molecule has 4 rings (SSSR count). The molecule has 5 nitrogen and oxygen atoms in total. The van der Waals surface area contributed by atoms with E-state index in [9.17, 15) is 9.59 Å². The second-order valence-electron chi connectivity index (χ2n) is 7.91. The summed E-state index contributed by atoms with van der Waals surface area (Å²) in [6.45, 7) is 8.47. The monoisotopic (exact) mass is 426 g/mol. The second kappa shape index (κ2) is 8.71. The van der Waals surface area contributed by atoms with E-state index in [0.717, 1.165) is 27.9 Å². The van der Waals surface area contributed by atoms with Crippen LogP contribution in [0, 0.1) is 20.8 Å². The normalized spacial score (nSPS) is 13.7. The first-order chi connectivity index (χ1) is 15.4. The molecule has 0 fully saturated rings. The third-order valence-electron chi connectivity index (χ3n) is 5.61. The highest BCUT2D eigenvalue weighted by Crippen LogP contribution is 2.35. The zero-order valence-corrected chi connectivity index (χ0v) is 18.7. The van der Waals surface area contributed by atoms with Gasteiger partial charge >= 0.3 is 0 Å². The van der Waals surface area contributed by atoms with Gasteiger partial charge in [0, 0.05) is 5.69 Å². The van der Waals surface area contributed by atoms with Crippen LogP contribution in [0.2, 0.25) is 0 Å². The number of ether oxygens (including phenoxy) is 1. The molecular weight excluding hydrogens is 400 g/mol. The van der Waals surface area contributed by atoms with Gasteiger partial charge in [-0.05, 0) is 80.8 Å². The maximum Gasteiger partial charge on any atom is 0.282 e. The molecule has 0 radical (unpaired) electrons. The van der Waals surface area contributed by atoms with Crippen LogP contribution < -0.4 is 15.0 Å². The summed E-state index contributed by atoms with van der Waals surface area (Å²) in [5.41, 5.74) is 5.92. The Morgan fingerprint density at radius 2 is 1.50 bits per heavy atom. The molecule has 0 bridgehead atoms. The maximum absolute atomic E-state index is 13.6. The molecule has 162 valence electrons. The Morgan fingerprint density at radius 1 is 0.812 bits per heavy atom. The summed E-state index contributed by atoms with van der Waals surface area (Å²) in [5.74, 6) is -0.0410. The first-order valence-electron chi connectivity index (χ1n) is 10.7. The fourth-order valence-corrected chi connectivity index (χ4v) is 3.68. The van der Waals surface area contributed by atoms with Crippen LogP contribution in [-0.2, 0) is 9.59 Å². The quantitative estimate of drug-likeness (QED) is 0.536. The van der Waals surface area contributed by atoms with Crippen molar-refractivity contribution in [3.63, 3.8) is 0 Å². The Bertz CT molecular complexity index is 1210. The molecule has 32 heavy (non-hydrogen) atoms. The third-order valence-corrected chi connectivity index (χ3v) is 5.61. The van der Waals surface area contributed by atoms with E-state index >= 15 is 0 Å². The summed E-state index contributed by atoms with van der Waals surface area (Å²) in [7, 11) is 0. The van der Waals surface area contributed by atoms with E-state index in [1.54, 1.807) is 24.3 Å². The Balaban J connectivity index is 1.78. The van der Waals surface area contributed by atoms with Gasteiger partial charge < -0.3 is 10.1 Å². The van der Waals surface area contributed by atoms with Crippen molar-refractivity contribution >= 4 is 28.8 Å². The molecule has 3 aromatic rings. The van der Waals surface area contributed by atoms with Crippen molar-refractivity contribution in [2.75, 3.05) is 16.8 Å². The van der Waals surface area contributed by atoms with E-state index in [1.165, 1.54) is 4.90 Å². The van der Waals surface area contributed by atoms with Crippen LogP contribution >= 0.6 is 0 Å². The predicted octanol–water partition coefficient (Wildman–Crippen LogP) is 5.41. The minimum Gasteiger partial charge on any atom is -0.494 e. The maximum atomic E-state index is 13.6. The number of imide groups is 1. The van der Waals surface area contributed by atoms with Gasteiger partial charge in [0.25, 0.3) is 11.8 Å². The molecule has 3 aromatic carbocycles. The van der Waals surface area contributed by atoms with Gasteiger partial charge in [-0.3, -0.25) is 9.59 Å². The van der Waals surface area contributed by atoms with Crippen LogP contribution in [0.1, 0.15) is 29.2 Å². The molecular formula is C27H26N2O3. The Hall–Kier alpha value is -3.86. The predicted molar refractivity (Wildman–Crippen MR) is 128 cm³/mol. The summed E-state index contributed by atoms with van der Waals surface area (Å²) in [4.78, 5) is 28.3. The third kappa shape index (κ3) is 4.02. The van der Waals surface area contributed by atoms with Gasteiger partial charge in [-0.1, -0.05) is 35.9 Å². The van der Waals surface area contributed by atoms with Crippen molar-refractivity contribution in [1.29, 1.82) is 0 Å². The van der Waals surface area contributed by atoms with Crippen molar-refractivity contribution in [2.24, 2.45) is 0 Å². The van der Waals surface area contributed by atoms with Crippen LogP contribution in [0.3, 0.4) is 0 Å². The van der Waals surface area contributed by atoms with E-state index in [0.29, 0.717) is 23.6 Å². The number of benzene rings is 3. The second-order valence-corrected chi connectivity index (χ2v) is 7.91. The molecule has 1 aliphatic heterocycles. The molecule has 1 heterocycles. The molecule has 0 aromatic heterocycles. The van der Waals surface area contributed by atoms with Gasteiger partial charge in [0.05, 0.1) is 17.9 Å². The van der Waals surface area contributed by atoms with Crippen molar-refractivity contribution in [1.82, 2.24) is 0 Å². The number of carbonyl (C=O) groups is 2. The van der Waals surface area contributed by atoms with Gasteiger partial charge in [-0.15, -0.1) is 0 Å². The standard InChI is InChI=1S/C27H26N2O3/c1-5-32-23-14-12-22(13-15-23)29-26(30)24(20-9-8-18(3)19(4)16-20)25(27(29)31)28-21-10-6-17(2)7-11-21/h6-16,28H,5H2,1-4H3. The summed E-state index contributed by atoms with van der Waals surface area (Å²) in [6, 6.07) is 20.5. The van der Waals surface area contributed by atoms with Crippen LogP contribution in [0.4, 0.5) is 11.4 Å². The number of hydrogen-bond acceptors (Lipinski definition) is 4. The molecule has 2 amide bonds. The summed E-state index contributed by atoms with van der Waals surface area (Å²) in [5, 5.41) is 3.21. The topological polar surface area (TPSA) is 58.6 Å². The molecule has 0 unspecified atom stereocenters. The van der Waals surface area contributed by atoms with E-state index in [4.69, 9.17) is 4.74 Å². The van der Waals surface area contributed by atoms with Crippen molar-refractivity contribution in [3.05, 3.63) is 94.7 Å². The number of carbonyl (C=O) groups excluding carboxylic acids is 2. The number of nitrogens with one attached hydrogen (secondary N) is 1. The van der Waals surface area contributed by atoms with Gasteiger partial charge in [0.1, 0.15) is 11.4 Å². The molecule has 0 saturated carbocycles. The summed E-state index contributed by atoms with van der Waals surface area (Å²) in [6.07, 6.45) is 0. The van der Waals surface area contributed by atoms with Gasteiger partial charge in [-0.2, -0.15) is 0 Å². The average Bonchev–Trinajstić information content (AvgIpc) is 3.02. The van der Waals surface area contributed by atoms with Crippen LogP contribution in [0.5, 0.6) is 5.75 Å². The van der Waals surface area contributed by atoms with Crippen LogP contribution in [-0.4, -0.2) is 18.4 Å². The van der Waals surface area contributed by atoms with Gasteiger partial charge in [0.2, 0.25) is 0 Å². The first kappa shape index (κ1) is 21.4. The van der Waals surface area contributed by atoms with E-state index in [2.05, 4.69) is 5.32 Å². The van der Waals surface area contributed by atoms with Gasteiger partial charge in [0.15, 0.2) is 0 Å². The van der Waals surface area contributed by atoms with Crippen LogP contribution in [0.25, 0.3) is 5.57 Å². The van der Waals surface area contributed by atoms with Crippen molar-refractivity contribution < 1.29 is 14.3 Å². The lowest BCUT2D eigenvalue weighted by Crippen LogP contribution is -2.32. The molecule has 1 N–H and O–H groups in total. The lowest BCUT2D eigenvalue weighted by molar-refractivity contribution is -0.120. The van der Waals surface area contributed by atoms with Crippen molar-refractivity contribution in [3.8, 4) is 5.75 Å². The first-order valence-corrected chi connectivity index (χ1v) is 10.7. The molecule has 0 aliphatic carbocycles. The zero-order valence-electron chi connectivity index (χ0n) is 18.7. The number of hydrogen-bond donors (Lipinski definition) is 1. The average molecular weight is 427 g/mol. The molecule has 0 atom stereocenters. The number of aryl methyl sites for hydroxylation is 3. The lowest BCUT2D eigenvalue weighted by atomic mass is 9.99. The highest BCUT2D eigenvalue weighted by molar-refractivity contribution is 6.46. The zero-order chi connectivity index (χ0) is 22.8. The summed E-state index contributed by atoms with van der Waals surface area (Å²) >= 11 is 0. The molecule has 5 heteroatoms. The molecule has 0 spiro atoms. The fourth-order valence-electron chi connectivity index (χ4n) is 3.68. The fraction of sp³-hybridized carbons (Fsp3) is 0.185. The smallest absolute Gasteiger partial charge is 0.282 e. The van der Waals surface area contributed by atoms with E-state index in [1.807, 2.05) is 70.2 Å². The highest BCUT2D eigenvalue weighted by Gasteiger charge is 2.40. The Morgan fingerprint density at radius 3 is 2.12 bits per heavy atom. The number of amides is 2. The number of anilines is 2. The number of rotatable bonds is 6. The van der Waals surface area contributed by atoms with E-state index in [-0.39, 0.29) is 17.5 Å². The Labute approximate surface area is 188 Å².